The predicted molar refractivity (Wildman–Crippen MR) is 74.5 cm³/mol. The van der Waals surface area contributed by atoms with Gasteiger partial charge in [-0.05, 0) is 24.0 Å². The summed E-state index contributed by atoms with van der Waals surface area (Å²) in [7, 11) is 0. The van der Waals surface area contributed by atoms with Crippen LogP contribution < -0.4 is 10.2 Å². The molecule has 5 nitrogen and oxygen atoms in total. The SMILES string of the molecule is O=C(NN1CCOCC1)C1CC1c1ccccc1OC(F)(F)F. The molecule has 0 radical (unpaired) electrons. The molecular formula is C15H17F3N2O3. The number of rotatable bonds is 4. The number of hydrazine groups is 1. The van der Waals surface area contributed by atoms with Crippen LogP contribution in [0.2, 0.25) is 0 Å². The molecule has 1 N–H and O–H groups in total. The van der Waals surface area contributed by atoms with Crippen molar-refractivity contribution in [2.45, 2.75) is 18.7 Å². The van der Waals surface area contributed by atoms with E-state index in [2.05, 4.69) is 10.2 Å². The van der Waals surface area contributed by atoms with Crippen LogP contribution >= 0.6 is 0 Å². The number of ether oxygens (including phenoxy) is 2. The molecule has 1 aliphatic carbocycles. The van der Waals surface area contributed by atoms with Gasteiger partial charge >= 0.3 is 6.36 Å². The van der Waals surface area contributed by atoms with Crippen LogP contribution in [0.15, 0.2) is 24.3 Å². The summed E-state index contributed by atoms with van der Waals surface area (Å²) in [5, 5.41) is 1.78. The number of carbonyl (C=O) groups is 1. The molecule has 1 aromatic carbocycles. The molecule has 0 bridgehead atoms. The third-order valence-electron chi connectivity index (χ3n) is 3.95. The molecule has 2 atom stereocenters. The zero-order valence-corrected chi connectivity index (χ0v) is 12.3. The summed E-state index contributed by atoms with van der Waals surface area (Å²) in [6.45, 7) is 2.32. The molecule has 126 valence electrons. The van der Waals surface area contributed by atoms with Crippen molar-refractivity contribution in [3.05, 3.63) is 29.8 Å². The van der Waals surface area contributed by atoms with Crippen molar-refractivity contribution < 1.29 is 27.4 Å². The largest absolute Gasteiger partial charge is 0.573 e. The maximum absolute atomic E-state index is 12.4. The van der Waals surface area contributed by atoms with Gasteiger partial charge in [0, 0.05) is 19.0 Å². The summed E-state index contributed by atoms with van der Waals surface area (Å²) in [6, 6.07) is 5.98. The van der Waals surface area contributed by atoms with E-state index in [1.165, 1.54) is 12.1 Å². The van der Waals surface area contributed by atoms with Crippen molar-refractivity contribution in [1.82, 2.24) is 10.4 Å². The molecule has 23 heavy (non-hydrogen) atoms. The number of halogens is 3. The van der Waals surface area contributed by atoms with E-state index >= 15 is 0 Å². The molecule has 2 aliphatic rings. The average Bonchev–Trinajstić information content (AvgIpc) is 3.28. The molecule has 1 saturated heterocycles. The van der Waals surface area contributed by atoms with Crippen molar-refractivity contribution in [2.24, 2.45) is 5.92 Å². The standard InChI is InChI=1S/C15H17F3N2O3/c16-15(17,18)23-13-4-2-1-3-10(13)11-9-12(11)14(21)19-20-5-7-22-8-6-20/h1-4,11-12H,5-9H2,(H,19,21). The van der Waals surface area contributed by atoms with Crippen LogP contribution in [0.4, 0.5) is 13.2 Å². The second-order valence-electron chi connectivity index (χ2n) is 5.61. The third kappa shape index (κ3) is 4.14. The molecule has 8 heteroatoms. The van der Waals surface area contributed by atoms with Crippen molar-refractivity contribution in [3.8, 4) is 5.75 Å². The number of alkyl halides is 3. The summed E-state index contributed by atoms with van der Waals surface area (Å²) in [5.41, 5.74) is 3.22. The van der Waals surface area contributed by atoms with Gasteiger partial charge in [0.25, 0.3) is 0 Å². The molecule has 1 amide bonds. The lowest BCUT2D eigenvalue weighted by atomic mass is 10.1. The van der Waals surface area contributed by atoms with Gasteiger partial charge in [-0.15, -0.1) is 13.2 Å². The molecule has 2 fully saturated rings. The van der Waals surface area contributed by atoms with Crippen LogP contribution in [0.25, 0.3) is 0 Å². The lowest BCUT2D eigenvalue weighted by Crippen LogP contribution is -2.49. The van der Waals surface area contributed by atoms with Crippen molar-refractivity contribution in [3.63, 3.8) is 0 Å². The van der Waals surface area contributed by atoms with Gasteiger partial charge in [0.2, 0.25) is 5.91 Å². The van der Waals surface area contributed by atoms with E-state index in [4.69, 9.17) is 4.74 Å². The van der Waals surface area contributed by atoms with Gasteiger partial charge in [-0.2, -0.15) is 0 Å². The normalized spacial score (nSPS) is 25.0. The highest BCUT2D eigenvalue weighted by Crippen LogP contribution is 2.51. The molecule has 2 unspecified atom stereocenters. The van der Waals surface area contributed by atoms with Crippen molar-refractivity contribution in [1.29, 1.82) is 0 Å². The predicted octanol–water partition coefficient (Wildman–Crippen LogP) is 2.05. The zero-order chi connectivity index (χ0) is 16.4. The van der Waals surface area contributed by atoms with Gasteiger partial charge in [-0.3, -0.25) is 10.2 Å². The maximum Gasteiger partial charge on any atom is 0.573 e. The second-order valence-corrected chi connectivity index (χ2v) is 5.61. The number of hydrogen-bond donors (Lipinski definition) is 1. The molecule has 3 rings (SSSR count). The molecule has 1 aliphatic heterocycles. The highest BCUT2D eigenvalue weighted by molar-refractivity contribution is 5.82. The van der Waals surface area contributed by atoms with E-state index < -0.39 is 6.36 Å². The summed E-state index contributed by atoms with van der Waals surface area (Å²) in [5.74, 6) is -0.962. The number of nitrogens with one attached hydrogen (secondary N) is 1. The van der Waals surface area contributed by atoms with E-state index in [0.717, 1.165) is 0 Å². The molecule has 0 spiro atoms. The first-order valence-corrected chi connectivity index (χ1v) is 7.42. The highest BCUT2D eigenvalue weighted by atomic mass is 19.4. The highest BCUT2D eigenvalue weighted by Gasteiger charge is 2.46. The second kappa shape index (κ2) is 6.37. The number of hydrogen-bond acceptors (Lipinski definition) is 4. The summed E-state index contributed by atoms with van der Waals surface area (Å²) in [6.07, 6.45) is -4.22. The summed E-state index contributed by atoms with van der Waals surface area (Å²) < 4.78 is 46.6. The zero-order valence-electron chi connectivity index (χ0n) is 12.3. The monoisotopic (exact) mass is 330 g/mol. The van der Waals surface area contributed by atoms with Crippen molar-refractivity contribution >= 4 is 5.91 Å². The van der Waals surface area contributed by atoms with Gasteiger partial charge in [0.1, 0.15) is 5.75 Å². The minimum Gasteiger partial charge on any atom is -0.405 e. The number of nitrogens with zero attached hydrogens (tertiary/aromatic N) is 1. The van der Waals surface area contributed by atoms with Gasteiger partial charge in [-0.1, -0.05) is 18.2 Å². The minimum absolute atomic E-state index is 0.168. The van der Waals surface area contributed by atoms with Crippen LogP contribution in [0.3, 0.4) is 0 Å². The molecule has 1 aromatic rings. The van der Waals surface area contributed by atoms with Gasteiger partial charge in [0.15, 0.2) is 0 Å². The topological polar surface area (TPSA) is 50.8 Å². The third-order valence-corrected chi connectivity index (χ3v) is 3.95. The van der Waals surface area contributed by atoms with Crippen LogP contribution in [0, 0.1) is 5.92 Å². The molecule has 1 heterocycles. The van der Waals surface area contributed by atoms with Crippen LogP contribution in [-0.2, 0) is 9.53 Å². The Hall–Kier alpha value is -1.80. The molecular weight excluding hydrogens is 313 g/mol. The lowest BCUT2D eigenvalue weighted by molar-refractivity contribution is -0.274. The fourth-order valence-corrected chi connectivity index (χ4v) is 2.75. The Morgan fingerprint density at radius 3 is 2.65 bits per heavy atom. The minimum atomic E-state index is -4.74. The van der Waals surface area contributed by atoms with Crippen LogP contribution in [-0.4, -0.2) is 43.6 Å². The van der Waals surface area contributed by atoms with E-state index in [1.54, 1.807) is 17.1 Å². The quantitative estimate of drug-likeness (QED) is 0.918. The summed E-state index contributed by atoms with van der Waals surface area (Å²) in [4.78, 5) is 12.2. The van der Waals surface area contributed by atoms with Crippen LogP contribution in [0.5, 0.6) is 5.75 Å². The van der Waals surface area contributed by atoms with Gasteiger partial charge in [-0.25, -0.2) is 5.01 Å². The van der Waals surface area contributed by atoms with E-state index in [-0.39, 0.29) is 23.5 Å². The first-order valence-electron chi connectivity index (χ1n) is 7.42. The number of benzene rings is 1. The Balaban J connectivity index is 1.62. The number of morpholine rings is 1. The Labute approximate surface area is 131 Å². The van der Waals surface area contributed by atoms with Crippen molar-refractivity contribution in [2.75, 3.05) is 26.3 Å². The first kappa shape index (κ1) is 16.1. The fraction of sp³-hybridized carbons (Fsp3) is 0.533. The van der Waals surface area contributed by atoms with Gasteiger partial charge in [0.05, 0.1) is 13.2 Å². The van der Waals surface area contributed by atoms with Crippen LogP contribution in [0.1, 0.15) is 17.9 Å². The summed E-state index contributed by atoms with van der Waals surface area (Å²) >= 11 is 0. The Morgan fingerprint density at radius 1 is 1.26 bits per heavy atom. The van der Waals surface area contributed by atoms with E-state index in [1.807, 2.05) is 0 Å². The fourth-order valence-electron chi connectivity index (χ4n) is 2.75. The number of amides is 1. The lowest BCUT2D eigenvalue weighted by Gasteiger charge is -2.27. The molecule has 1 saturated carbocycles. The Bertz CT molecular complexity index is 573. The average molecular weight is 330 g/mol. The molecule has 0 aromatic heterocycles. The number of carbonyl (C=O) groups excluding carboxylic acids is 1. The van der Waals surface area contributed by atoms with Gasteiger partial charge < -0.3 is 9.47 Å². The Morgan fingerprint density at radius 2 is 1.96 bits per heavy atom. The first-order chi connectivity index (χ1) is 10.9. The number of para-hydroxylation sites is 1. The Kier molecular flexibility index (Phi) is 4.45. The van der Waals surface area contributed by atoms with E-state index in [9.17, 15) is 18.0 Å². The smallest absolute Gasteiger partial charge is 0.405 e. The van der Waals surface area contributed by atoms with E-state index in [0.29, 0.717) is 38.3 Å². The maximum atomic E-state index is 12.4.